The van der Waals surface area contributed by atoms with Crippen molar-refractivity contribution in [3.8, 4) is 11.3 Å². The minimum atomic E-state index is -0.642. The van der Waals surface area contributed by atoms with Crippen molar-refractivity contribution in [1.29, 1.82) is 0 Å². The summed E-state index contributed by atoms with van der Waals surface area (Å²) in [6.07, 6.45) is 11.3. The Hall–Kier alpha value is -5.49. The molecule has 290 valence electrons. The average Bonchev–Trinajstić information content (AvgIpc) is 4.06. The van der Waals surface area contributed by atoms with Gasteiger partial charge in [-0.15, -0.1) is 0 Å². The van der Waals surface area contributed by atoms with E-state index in [1.807, 2.05) is 109 Å². The van der Waals surface area contributed by atoms with Crippen molar-refractivity contribution in [2.75, 3.05) is 34.2 Å². The Morgan fingerprint density at radius 3 is 2.27 bits per heavy atom. The van der Waals surface area contributed by atoms with Gasteiger partial charge in [0.25, 0.3) is 0 Å². The fourth-order valence-corrected chi connectivity index (χ4v) is 8.86. The Balaban J connectivity index is 0.929. The number of nitrogens with one attached hydrogen (secondary N) is 4. The second-order valence-electron chi connectivity index (χ2n) is 15.5. The molecule has 3 aliphatic heterocycles. The van der Waals surface area contributed by atoms with Crippen molar-refractivity contribution < 1.29 is 14.7 Å². The number of hydrogen-bond acceptors (Lipinski definition) is 8. The minimum Gasteiger partial charge on any atom is -0.388 e. The molecule has 0 spiro atoms. The number of likely N-dealkylation sites (tertiary alicyclic amines) is 2. The van der Waals surface area contributed by atoms with Crippen molar-refractivity contribution in [1.82, 2.24) is 40.6 Å². The Kier molecular flexibility index (Phi) is 10.9. The van der Waals surface area contributed by atoms with Crippen molar-refractivity contribution in [3.05, 3.63) is 143 Å². The van der Waals surface area contributed by atoms with Crippen molar-refractivity contribution in [2.24, 2.45) is 0 Å². The molecular formula is C45H52N8O3. The van der Waals surface area contributed by atoms with Crippen LogP contribution in [0.3, 0.4) is 0 Å². The first-order valence-corrected chi connectivity index (χ1v) is 19.8. The number of likely N-dealkylation sites (N-methyl/N-ethyl adjacent to an activating group) is 2. The standard InChI is InChI=1S/C45H52N8O3/c1-46-40(31-12-6-4-7-13-31)44(55)52-24-10-16-37(52)43-48-28-36(50-43)34-26-33(22-23-39(34)54)29-18-20-30(21-19-29)35-27-47-42(49-35)38-17-11-25-53(38)45(56)41(51(2)3)32-14-8-5-9-15-32/h4-9,12-15,18-22,26-28,37-41,43,46,48,50,54H,10-11,16-17,23-25H2,1-3H3,(H,47,49)/t37-,38-,39?,40+,41+,43?/m0/s1. The first-order valence-electron chi connectivity index (χ1n) is 19.8. The van der Waals surface area contributed by atoms with Crippen molar-refractivity contribution in [3.63, 3.8) is 0 Å². The van der Waals surface area contributed by atoms with Gasteiger partial charge in [0.1, 0.15) is 24.1 Å². The topological polar surface area (TPSA) is 129 Å². The molecule has 5 N–H and O–H groups in total. The van der Waals surface area contributed by atoms with Gasteiger partial charge < -0.3 is 35.8 Å². The molecule has 2 fully saturated rings. The highest BCUT2D eigenvalue weighted by atomic mass is 16.3. The zero-order valence-corrected chi connectivity index (χ0v) is 32.4. The molecule has 0 saturated carbocycles. The van der Waals surface area contributed by atoms with Crippen LogP contribution < -0.4 is 16.0 Å². The number of carbonyl (C=O) groups is 2. The van der Waals surface area contributed by atoms with Gasteiger partial charge in [-0.05, 0) is 87.2 Å². The van der Waals surface area contributed by atoms with Crippen LogP contribution >= 0.6 is 0 Å². The number of aromatic amines is 1. The highest BCUT2D eigenvalue weighted by Crippen LogP contribution is 2.36. The predicted octanol–water partition coefficient (Wildman–Crippen LogP) is 5.43. The molecule has 4 heterocycles. The number of rotatable bonds is 11. The van der Waals surface area contributed by atoms with Gasteiger partial charge in [-0.2, -0.15) is 0 Å². The van der Waals surface area contributed by atoms with Gasteiger partial charge in [0.2, 0.25) is 11.8 Å². The monoisotopic (exact) mass is 752 g/mol. The lowest BCUT2D eigenvalue weighted by Gasteiger charge is -2.33. The maximum absolute atomic E-state index is 13.9. The third kappa shape index (κ3) is 7.42. The van der Waals surface area contributed by atoms with Crippen LogP contribution in [-0.2, 0) is 9.59 Å². The van der Waals surface area contributed by atoms with E-state index in [-0.39, 0.29) is 36.1 Å². The van der Waals surface area contributed by atoms with Gasteiger partial charge >= 0.3 is 0 Å². The molecule has 2 unspecified atom stereocenters. The van der Waals surface area contributed by atoms with E-state index in [0.717, 1.165) is 76.3 Å². The predicted molar refractivity (Wildman–Crippen MR) is 218 cm³/mol. The molecule has 3 aromatic carbocycles. The number of nitrogens with zero attached hydrogens (tertiary/aromatic N) is 4. The summed E-state index contributed by atoms with van der Waals surface area (Å²) in [6, 6.07) is 27.3. The zero-order valence-electron chi connectivity index (χ0n) is 32.4. The molecule has 0 radical (unpaired) electrons. The van der Waals surface area contributed by atoms with Crippen LogP contribution in [0.5, 0.6) is 0 Å². The van der Waals surface area contributed by atoms with E-state index >= 15 is 0 Å². The third-order valence-corrected chi connectivity index (χ3v) is 11.7. The number of imidazole rings is 1. The Morgan fingerprint density at radius 1 is 0.875 bits per heavy atom. The van der Waals surface area contributed by atoms with Crippen LogP contribution in [0.15, 0.2) is 121 Å². The molecule has 6 atom stereocenters. The van der Waals surface area contributed by atoms with E-state index in [9.17, 15) is 14.7 Å². The van der Waals surface area contributed by atoms with Gasteiger partial charge in [-0.3, -0.25) is 14.5 Å². The highest BCUT2D eigenvalue weighted by Gasteiger charge is 2.40. The largest absolute Gasteiger partial charge is 0.388 e. The van der Waals surface area contributed by atoms with Crippen molar-refractivity contribution >= 4 is 17.4 Å². The third-order valence-electron chi connectivity index (χ3n) is 11.7. The van der Waals surface area contributed by atoms with Gasteiger partial charge in [-0.25, -0.2) is 4.98 Å². The summed E-state index contributed by atoms with van der Waals surface area (Å²) in [7, 11) is 5.74. The van der Waals surface area contributed by atoms with Gasteiger partial charge in [0.05, 0.1) is 35.8 Å². The summed E-state index contributed by atoms with van der Waals surface area (Å²) in [5, 5.41) is 21.5. The molecule has 11 nitrogen and oxygen atoms in total. The van der Waals surface area contributed by atoms with E-state index < -0.39 is 12.1 Å². The minimum absolute atomic E-state index is 0.0239. The summed E-state index contributed by atoms with van der Waals surface area (Å²) in [5.41, 5.74) is 7.63. The van der Waals surface area contributed by atoms with E-state index in [1.54, 1.807) is 0 Å². The molecule has 56 heavy (non-hydrogen) atoms. The average molecular weight is 753 g/mol. The van der Waals surface area contributed by atoms with Crippen molar-refractivity contribution in [2.45, 2.75) is 68.5 Å². The first-order chi connectivity index (χ1) is 27.3. The smallest absolute Gasteiger partial charge is 0.245 e. The number of aliphatic hydroxyl groups excluding tert-OH is 1. The van der Waals surface area contributed by atoms with Crippen LogP contribution in [0.25, 0.3) is 16.8 Å². The number of benzene rings is 3. The quantitative estimate of drug-likeness (QED) is 0.137. The number of hydrogen-bond donors (Lipinski definition) is 5. The van der Waals surface area contributed by atoms with Crippen LogP contribution in [-0.4, -0.2) is 94.1 Å². The summed E-state index contributed by atoms with van der Waals surface area (Å²) < 4.78 is 0. The Morgan fingerprint density at radius 2 is 1.55 bits per heavy atom. The fraction of sp³-hybridized carbons (Fsp3) is 0.356. The molecule has 0 bridgehead atoms. The molecular weight excluding hydrogens is 701 g/mol. The highest BCUT2D eigenvalue weighted by molar-refractivity contribution is 5.85. The second-order valence-corrected chi connectivity index (χ2v) is 15.5. The Bertz CT molecular complexity index is 2110. The van der Waals surface area contributed by atoms with Gasteiger partial charge in [0.15, 0.2) is 0 Å². The van der Waals surface area contributed by atoms with Crippen LogP contribution in [0.1, 0.15) is 72.7 Å². The normalized spacial score (nSPS) is 23.3. The number of aliphatic hydroxyl groups is 1. The Labute approximate surface area is 329 Å². The molecule has 1 aliphatic carbocycles. The fourth-order valence-electron chi connectivity index (χ4n) is 8.86. The van der Waals surface area contributed by atoms with Gasteiger partial charge in [0, 0.05) is 24.9 Å². The molecule has 1 aromatic heterocycles. The number of amides is 2. The molecule has 4 aliphatic rings. The molecule has 8 rings (SSSR count). The number of H-pyrrole nitrogens is 1. The SMILES string of the molecule is CN[C@@H](C(=O)N1CCC[C@H]1C1NC=C(C2=CC(c3ccc(-c4cnc([C@@H]5CCCN5C(=O)[C@@H](c5ccccc5)N(C)C)[nH]4)cc3)=CCC2O)N1)c1ccccc1. The zero-order chi connectivity index (χ0) is 38.8. The van der Waals surface area contributed by atoms with E-state index in [4.69, 9.17) is 4.98 Å². The van der Waals surface area contributed by atoms with E-state index in [2.05, 4.69) is 57.4 Å². The van der Waals surface area contributed by atoms with E-state index in [0.29, 0.717) is 19.5 Å². The second kappa shape index (κ2) is 16.3. The summed E-state index contributed by atoms with van der Waals surface area (Å²) in [5.74, 6) is 0.975. The maximum Gasteiger partial charge on any atom is 0.245 e. The summed E-state index contributed by atoms with van der Waals surface area (Å²) >= 11 is 0. The van der Waals surface area contributed by atoms with Crippen LogP contribution in [0.2, 0.25) is 0 Å². The lowest BCUT2D eigenvalue weighted by molar-refractivity contribution is -0.137. The summed E-state index contributed by atoms with van der Waals surface area (Å²) in [6.45, 7) is 1.42. The lowest BCUT2D eigenvalue weighted by atomic mass is 9.90. The molecule has 2 amide bonds. The number of carbonyl (C=O) groups excluding carboxylic acids is 2. The summed E-state index contributed by atoms with van der Waals surface area (Å²) in [4.78, 5) is 42.0. The number of aromatic nitrogens is 2. The van der Waals surface area contributed by atoms with Crippen LogP contribution in [0, 0.1) is 0 Å². The lowest BCUT2D eigenvalue weighted by Crippen LogP contribution is -2.53. The number of allylic oxidation sites excluding steroid dienone is 2. The molecule has 4 aromatic rings. The molecule has 11 heteroatoms. The van der Waals surface area contributed by atoms with Crippen LogP contribution in [0.4, 0.5) is 0 Å². The molecule has 2 saturated heterocycles. The first kappa shape index (κ1) is 37.4. The maximum atomic E-state index is 13.9. The van der Waals surface area contributed by atoms with E-state index in [1.165, 1.54) is 0 Å². The van der Waals surface area contributed by atoms with Gasteiger partial charge in [-0.1, -0.05) is 91.0 Å².